The number of esters is 1. The van der Waals surface area contributed by atoms with E-state index in [2.05, 4.69) is 0 Å². The summed E-state index contributed by atoms with van der Waals surface area (Å²) in [5, 5.41) is 126. The zero-order chi connectivity index (χ0) is 57.5. The number of carboxylic acids is 1. The SMILES string of the molecule is CC.CC.CC1O[C@H](OC2/C=C/C=C/C=C/C=C/CC/C=C/C=C/[C@H](C)C(OC3CC(O)C(O)[C@H](C)O3)C[C@H](C)OC(=O)CC(O)CC(O)CC(O)CCC(O)C(O)CC(O)(O)CCC(C(=O)O)CC2)C(O)C(N)[C@@H]1O. The van der Waals surface area contributed by atoms with Gasteiger partial charge in [0.25, 0.3) is 0 Å². The van der Waals surface area contributed by atoms with Crippen LogP contribution in [0.2, 0.25) is 0 Å². The van der Waals surface area contributed by atoms with Gasteiger partial charge >= 0.3 is 11.9 Å². The molecule has 0 bridgehead atoms. The van der Waals surface area contributed by atoms with Crippen molar-refractivity contribution in [2.24, 2.45) is 17.6 Å². The van der Waals surface area contributed by atoms with Crippen LogP contribution in [0.4, 0.5) is 0 Å². The first-order valence-corrected chi connectivity index (χ1v) is 27.3. The topological polar surface area (TPSA) is 349 Å². The molecule has 19 atom stereocenters. The Labute approximate surface area is 450 Å². The normalized spacial score (nSPS) is 40.5. The average molecular weight is 1090 g/mol. The van der Waals surface area contributed by atoms with Gasteiger partial charge in [0.2, 0.25) is 0 Å². The van der Waals surface area contributed by atoms with Crippen LogP contribution in [0, 0.1) is 11.8 Å². The van der Waals surface area contributed by atoms with Crippen molar-refractivity contribution >= 4 is 11.9 Å². The molecular weight excluding hydrogens is 991 g/mol. The second-order valence-electron chi connectivity index (χ2n) is 19.7. The molecule has 0 aromatic heterocycles. The van der Waals surface area contributed by atoms with Crippen molar-refractivity contribution in [2.75, 3.05) is 0 Å². The van der Waals surface area contributed by atoms with Gasteiger partial charge in [-0.2, -0.15) is 0 Å². The number of ether oxygens (including phenoxy) is 5. The Morgan fingerprint density at radius 1 is 0.618 bits per heavy atom. The third-order valence-electron chi connectivity index (χ3n) is 13.2. The fraction of sp³-hybridized carbons (Fsp3) is 0.750. The Morgan fingerprint density at radius 3 is 1.83 bits per heavy atom. The van der Waals surface area contributed by atoms with E-state index in [1.807, 2.05) is 77.2 Å². The average Bonchev–Trinajstić information content (AvgIpc) is 3.35. The Balaban J connectivity index is 0.00000704. The van der Waals surface area contributed by atoms with Crippen LogP contribution in [0.5, 0.6) is 0 Å². The van der Waals surface area contributed by atoms with Gasteiger partial charge in [-0.15, -0.1) is 0 Å². The summed E-state index contributed by atoms with van der Waals surface area (Å²) in [4.78, 5) is 25.2. The molecule has 2 saturated heterocycles. The van der Waals surface area contributed by atoms with E-state index < -0.39 is 147 Å². The van der Waals surface area contributed by atoms with Gasteiger partial charge in [-0.25, -0.2) is 0 Å². The zero-order valence-corrected chi connectivity index (χ0v) is 46.1. The molecule has 0 amide bonds. The molecule has 2 fully saturated rings. The lowest BCUT2D eigenvalue weighted by molar-refractivity contribution is -0.276. The molecule has 14 N–H and O–H groups in total. The summed E-state index contributed by atoms with van der Waals surface area (Å²) < 4.78 is 29.5. The highest BCUT2D eigenvalue weighted by atomic mass is 16.7. The highest BCUT2D eigenvalue weighted by Gasteiger charge is 2.42. The van der Waals surface area contributed by atoms with E-state index in [9.17, 15) is 70.9 Å². The second-order valence-corrected chi connectivity index (χ2v) is 19.7. The fourth-order valence-electron chi connectivity index (χ4n) is 8.67. The number of cyclic esters (lactones) is 1. The highest BCUT2D eigenvalue weighted by Crippen LogP contribution is 2.29. The van der Waals surface area contributed by atoms with Crippen molar-refractivity contribution in [3.05, 3.63) is 72.9 Å². The van der Waals surface area contributed by atoms with Crippen molar-refractivity contribution in [3.63, 3.8) is 0 Å². The maximum atomic E-state index is 12.9. The van der Waals surface area contributed by atoms with Crippen LogP contribution < -0.4 is 5.73 Å². The summed E-state index contributed by atoms with van der Waals surface area (Å²) in [5.41, 5.74) is 6.01. The van der Waals surface area contributed by atoms with Crippen LogP contribution in [-0.2, 0) is 33.3 Å². The van der Waals surface area contributed by atoms with Crippen molar-refractivity contribution in [1.82, 2.24) is 0 Å². The van der Waals surface area contributed by atoms with Gasteiger partial charge in [-0.05, 0) is 78.6 Å². The number of rotatable bonds is 5. The van der Waals surface area contributed by atoms with E-state index >= 15 is 0 Å². The predicted molar refractivity (Wildman–Crippen MR) is 286 cm³/mol. The third-order valence-corrected chi connectivity index (χ3v) is 13.2. The van der Waals surface area contributed by atoms with Crippen LogP contribution in [0.1, 0.15) is 145 Å². The molecule has 3 aliphatic heterocycles. The number of carbonyl (C=O) groups excluding carboxylic acids is 1. The largest absolute Gasteiger partial charge is 0.481 e. The van der Waals surface area contributed by atoms with Crippen molar-refractivity contribution < 1.29 is 94.6 Å². The molecule has 14 unspecified atom stereocenters. The van der Waals surface area contributed by atoms with Gasteiger partial charge in [-0.3, -0.25) is 9.59 Å². The van der Waals surface area contributed by atoms with Crippen LogP contribution in [0.15, 0.2) is 72.9 Å². The number of carboxylic acid groups (broad SMARTS) is 1. The zero-order valence-electron chi connectivity index (χ0n) is 46.1. The lowest BCUT2D eigenvalue weighted by atomic mass is 9.90. The monoisotopic (exact) mass is 1090 g/mol. The Kier molecular flexibility index (Phi) is 35.7. The summed E-state index contributed by atoms with van der Waals surface area (Å²) >= 11 is 0. The summed E-state index contributed by atoms with van der Waals surface area (Å²) in [6.07, 6.45) is 3.62. The minimum atomic E-state index is -2.59. The minimum Gasteiger partial charge on any atom is -0.481 e. The smallest absolute Gasteiger partial charge is 0.308 e. The number of aliphatic hydroxyl groups excluding tert-OH is 9. The quantitative estimate of drug-likeness (QED) is 0.138. The van der Waals surface area contributed by atoms with Gasteiger partial charge in [0, 0.05) is 31.6 Å². The van der Waals surface area contributed by atoms with E-state index in [1.165, 1.54) is 0 Å². The molecule has 0 aromatic rings. The first kappa shape index (κ1) is 70.8. The van der Waals surface area contributed by atoms with Crippen molar-refractivity contribution in [1.29, 1.82) is 0 Å². The first-order chi connectivity index (χ1) is 36.0. The van der Waals surface area contributed by atoms with Gasteiger partial charge in [0.05, 0.1) is 85.5 Å². The van der Waals surface area contributed by atoms with Crippen LogP contribution in [0.25, 0.3) is 0 Å². The van der Waals surface area contributed by atoms with Crippen LogP contribution in [-0.4, -0.2) is 183 Å². The number of allylic oxidation sites excluding steroid dienone is 10. The standard InChI is InChI=1S/C52H85NO19.2C2H6/c1-31-17-15-13-11-9-7-5-6-8-10-12-14-16-18-39(71-51-49(63)46(53)48(62)34(4)70-51)21-19-35(50(64)65)23-24-52(66,67)30-42(59)40(57)22-20-36(54)26-37(55)27-38(56)28-44(60)68-32(2)25-43(31)72-45-29-41(58)47(61)33(3)69-45;2*1-2/h5-6,8,10-18,31-43,45-49,51,54-59,61-63,66-67H,7,9,19-30,53H2,1-4H3,(H,64,65);2*1-2H3/b6-5+,10-8+,13-11+,14-12+,17-15+,18-16+;;/t31-,32-,33-,34?,35?,36?,37?,38?,39?,40?,41?,42?,43?,45?,46?,47?,48+,49?,51+;;/m0../s1. The van der Waals surface area contributed by atoms with Crippen molar-refractivity contribution in [3.8, 4) is 0 Å². The first-order valence-electron chi connectivity index (χ1n) is 27.3. The molecule has 3 aliphatic rings. The molecule has 0 aromatic carbocycles. The van der Waals surface area contributed by atoms with Gasteiger partial charge in [0.1, 0.15) is 18.3 Å². The van der Waals surface area contributed by atoms with Crippen LogP contribution >= 0.6 is 0 Å². The summed E-state index contributed by atoms with van der Waals surface area (Å²) in [5.74, 6) is -5.91. The third kappa shape index (κ3) is 28.1. The summed E-state index contributed by atoms with van der Waals surface area (Å²) in [6.45, 7) is 14.8. The molecule has 0 spiro atoms. The number of aliphatic hydroxyl groups is 11. The summed E-state index contributed by atoms with van der Waals surface area (Å²) in [7, 11) is 0. The van der Waals surface area contributed by atoms with Crippen molar-refractivity contribution in [2.45, 2.75) is 255 Å². The Hall–Kier alpha value is -3.26. The molecule has 20 nitrogen and oxygen atoms in total. The predicted octanol–water partition coefficient (Wildman–Crippen LogP) is 3.64. The Bertz CT molecular complexity index is 1750. The van der Waals surface area contributed by atoms with Gasteiger partial charge in [-0.1, -0.05) is 108 Å². The van der Waals surface area contributed by atoms with E-state index in [1.54, 1.807) is 51.2 Å². The van der Waals surface area contributed by atoms with Gasteiger partial charge in [0.15, 0.2) is 18.4 Å². The number of carbonyl (C=O) groups is 2. The molecular formula is C56H97NO19. The highest BCUT2D eigenvalue weighted by molar-refractivity contribution is 5.70. The minimum absolute atomic E-state index is 0.0216. The Morgan fingerprint density at radius 2 is 1.20 bits per heavy atom. The number of nitrogens with two attached hydrogens (primary N) is 1. The molecule has 3 heterocycles. The van der Waals surface area contributed by atoms with E-state index in [0.29, 0.717) is 0 Å². The molecule has 3 rings (SSSR count). The summed E-state index contributed by atoms with van der Waals surface area (Å²) in [6, 6.07) is -1.07. The lowest BCUT2D eigenvalue weighted by Gasteiger charge is -2.40. The van der Waals surface area contributed by atoms with E-state index in [-0.39, 0.29) is 63.7 Å². The molecule has 0 saturated carbocycles. The molecule has 440 valence electrons. The van der Waals surface area contributed by atoms with E-state index in [0.717, 1.165) is 12.8 Å². The number of aliphatic carboxylic acids is 1. The van der Waals surface area contributed by atoms with Crippen LogP contribution in [0.3, 0.4) is 0 Å². The fourth-order valence-corrected chi connectivity index (χ4v) is 8.67. The maximum absolute atomic E-state index is 12.9. The van der Waals surface area contributed by atoms with Gasteiger partial charge < -0.3 is 90.7 Å². The number of hydrogen-bond donors (Lipinski definition) is 13. The molecule has 0 radical (unpaired) electrons. The van der Waals surface area contributed by atoms with E-state index in [4.69, 9.17) is 29.4 Å². The number of hydrogen-bond acceptors (Lipinski definition) is 19. The maximum Gasteiger partial charge on any atom is 0.308 e. The molecule has 20 heteroatoms. The lowest BCUT2D eigenvalue weighted by Crippen LogP contribution is -2.61. The second kappa shape index (κ2) is 38.4. The molecule has 0 aliphatic carbocycles. The molecule has 76 heavy (non-hydrogen) atoms.